The molecule has 0 fully saturated rings. The van der Waals surface area contributed by atoms with E-state index in [2.05, 4.69) is 37.3 Å². The second kappa shape index (κ2) is 6.22. The average molecular weight is 404 g/mol. The number of carbonyl (C=O) groups is 1. The fourth-order valence-corrected chi connectivity index (χ4v) is 2.12. The van der Waals surface area contributed by atoms with E-state index in [9.17, 15) is 4.79 Å². The molecular weight excluding hydrogens is 391 g/mol. The van der Waals surface area contributed by atoms with Gasteiger partial charge in [0.05, 0.1) is 12.0 Å². The highest BCUT2D eigenvalue weighted by Crippen LogP contribution is 2.36. The summed E-state index contributed by atoms with van der Waals surface area (Å²) < 4.78 is 25.1. The summed E-state index contributed by atoms with van der Waals surface area (Å²) in [5.74, 6) is 0.860. The van der Waals surface area contributed by atoms with Crippen LogP contribution in [0.4, 0.5) is 0 Å². The number of ether oxygens (including phenoxy) is 1. The Morgan fingerprint density at radius 1 is 1.30 bits per heavy atom. The Kier molecular flexibility index (Phi) is 5.52. The van der Waals surface area contributed by atoms with Crippen LogP contribution in [0.25, 0.3) is 0 Å². The lowest BCUT2D eigenvalue weighted by molar-refractivity contribution is 0.0619. The molecule has 0 spiro atoms. The Hall–Kier alpha value is -0.300. The zero-order valence-corrected chi connectivity index (χ0v) is 15.0. The highest BCUT2D eigenvalue weighted by Gasteiger charge is 2.32. The Labute approximate surface area is 135 Å². The molecule has 1 aliphatic heterocycles. The number of fused-ring (bicyclic) bond motifs is 1. The number of aryl methyl sites for hydroxylation is 1. The third kappa shape index (κ3) is 5.60. The van der Waals surface area contributed by atoms with E-state index in [4.69, 9.17) is 13.2 Å². The second-order valence-electron chi connectivity index (χ2n) is 4.94. The summed E-state index contributed by atoms with van der Waals surface area (Å²) >= 11 is 3.42. The molecule has 0 aliphatic carbocycles. The molecule has 0 bridgehead atoms. The molecule has 20 heavy (non-hydrogen) atoms. The van der Waals surface area contributed by atoms with Crippen molar-refractivity contribution in [2.75, 3.05) is 0 Å². The van der Waals surface area contributed by atoms with E-state index in [0.29, 0.717) is 17.7 Å². The number of hydrogen-bond donors (Lipinski definition) is 0. The van der Waals surface area contributed by atoms with Gasteiger partial charge >= 0.3 is 8.26 Å². The molecule has 0 radical (unpaired) electrons. The third-order valence-electron chi connectivity index (χ3n) is 2.53. The van der Waals surface area contributed by atoms with Crippen LogP contribution >= 0.6 is 37.3 Å². The monoisotopic (exact) mass is 402 g/mol. The van der Waals surface area contributed by atoms with Crippen molar-refractivity contribution in [3.63, 3.8) is 0 Å². The molecule has 1 aromatic rings. The molecule has 0 N–H and O–H groups in total. The second-order valence-corrected chi connectivity index (χ2v) is 9.46. The minimum absolute atomic E-state index is 0.155. The molecule has 1 aromatic carbocycles. The van der Waals surface area contributed by atoms with Crippen LogP contribution in [-0.2, 0) is 8.26 Å². The van der Waals surface area contributed by atoms with Crippen molar-refractivity contribution < 1.29 is 17.9 Å². The number of carbonyl (C=O) groups excluding carboxylic acids is 1. The summed E-state index contributed by atoms with van der Waals surface area (Å²) in [5, 5.41) is 0. The van der Waals surface area contributed by atoms with Gasteiger partial charge in [0.15, 0.2) is 5.78 Å². The molecule has 4 nitrogen and oxygen atoms in total. The zero-order chi connectivity index (χ0) is 15.7. The Balaban J connectivity index is 0.000000347. The van der Waals surface area contributed by atoms with Crippen LogP contribution in [0.15, 0.2) is 16.6 Å². The minimum atomic E-state index is -3.72. The first-order valence-electron chi connectivity index (χ1n) is 5.56. The van der Waals surface area contributed by atoms with Crippen LogP contribution in [0, 0.1) is 6.92 Å². The molecule has 112 valence electrons. The molecule has 0 atom stereocenters. The van der Waals surface area contributed by atoms with Crippen LogP contribution in [0.3, 0.4) is 0 Å². The third-order valence-corrected chi connectivity index (χ3v) is 3.39. The normalized spacial score (nSPS) is 16.6. The van der Waals surface area contributed by atoms with Crippen molar-refractivity contribution in [1.82, 2.24) is 0 Å². The van der Waals surface area contributed by atoms with Crippen molar-refractivity contribution in [2.45, 2.75) is 32.8 Å². The van der Waals surface area contributed by atoms with E-state index in [1.165, 1.54) is 0 Å². The summed E-state index contributed by atoms with van der Waals surface area (Å²) in [6.07, 6.45) is 0.440. The van der Waals surface area contributed by atoms with Gasteiger partial charge in [0, 0.05) is 25.8 Å². The molecular formula is C12H13BrCl2O4S. The lowest BCUT2D eigenvalue weighted by atomic mass is 9.92. The smallest absolute Gasteiger partial charge is 0.317 e. The summed E-state index contributed by atoms with van der Waals surface area (Å²) in [6.45, 7) is 5.86. The maximum atomic E-state index is 11.9. The molecule has 0 saturated heterocycles. The van der Waals surface area contributed by atoms with Gasteiger partial charge in [-0.05, 0) is 38.5 Å². The average Bonchev–Trinajstić information content (AvgIpc) is 2.17. The predicted molar refractivity (Wildman–Crippen MR) is 83.2 cm³/mol. The van der Waals surface area contributed by atoms with Crippen molar-refractivity contribution in [2.24, 2.45) is 0 Å². The van der Waals surface area contributed by atoms with Crippen molar-refractivity contribution >= 4 is 51.3 Å². The first-order chi connectivity index (χ1) is 8.89. The number of ketones is 1. The van der Waals surface area contributed by atoms with Gasteiger partial charge in [-0.1, -0.05) is 15.9 Å². The van der Waals surface area contributed by atoms with E-state index in [-0.39, 0.29) is 11.4 Å². The molecule has 1 aliphatic rings. The summed E-state index contributed by atoms with van der Waals surface area (Å²) in [5.41, 5.74) is 1.38. The van der Waals surface area contributed by atoms with E-state index >= 15 is 0 Å². The minimum Gasteiger partial charge on any atom is -0.487 e. The van der Waals surface area contributed by atoms with E-state index < -0.39 is 8.26 Å². The van der Waals surface area contributed by atoms with Crippen LogP contribution in [-0.4, -0.2) is 19.8 Å². The molecule has 0 unspecified atom stereocenters. The quantitative estimate of drug-likeness (QED) is 0.608. The van der Waals surface area contributed by atoms with Crippen LogP contribution in [0.2, 0.25) is 0 Å². The van der Waals surface area contributed by atoms with Crippen molar-refractivity contribution in [3.8, 4) is 5.75 Å². The zero-order valence-electron chi connectivity index (χ0n) is 11.0. The van der Waals surface area contributed by atoms with Gasteiger partial charge in [-0.25, -0.2) is 0 Å². The topological polar surface area (TPSA) is 60.4 Å². The van der Waals surface area contributed by atoms with Gasteiger partial charge in [0.2, 0.25) is 0 Å². The van der Waals surface area contributed by atoms with Crippen molar-refractivity contribution in [3.05, 3.63) is 27.7 Å². The molecule has 1 heterocycles. The number of Topliss-reactive ketones (excluding diaryl/α,β-unsaturated/α-hetero) is 1. The van der Waals surface area contributed by atoms with Crippen LogP contribution in [0.1, 0.15) is 36.2 Å². The number of halogens is 3. The van der Waals surface area contributed by atoms with Gasteiger partial charge < -0.3 is 4.74 Å². The highest BCUT2D eigenvalue weighted by molar-refractivity contribution is 9.10. The first kappa shape index (κ1) is 17.8. The van der Waals surface area contributed by atoms with E-state index in [1.54, 1.807) is 0 Å². The summed E-state index contributed by atoms with van der Waals surface area (Å²) in [4.78, 5) is 11.9. The van der Waals surface area contributed by atoms with Gasteiger partial charge in [0.25, 0.3) is 0 Å². The lowest BCUT2D eigenvalue weighted by Gasteiger charge is -2.31. The molecule has 8 heteroatoms. The van der Waals surface area contributed by atoms with Crippen LogP contribution < -0.4 is 4.74 Å². The van der Waals surface area contributed by atoms with E-state index in [0.717, 1.165) is 10.0 Å². The van der Waals surface area contributed by atoms with Gasteiger partial charge in [-0.15, -0.1) is 0 Å². The molecule has 0 aromatic heterocycles. The number of rotatable bonds is 0. The number of hydrogen-bond acceptors (Lipinski definition) is 4. The molecule has 0 saturated carbocycles. The Morgan fingerprint density at radius 2 is 1.80 bits per heavy atom. The maximum absolute atomic E-state index is 11.9. The first-order valence-corrected chi connectivity index (χ1v) is 9.48. The maximum Gasteiger partial charge on any atom is 0.317 e. The largest absolute Gasteiger partial charge is 0.487 e. The van der Waals surface area contributed by atoms with Gasteiger partial charge in [-0.2, -0.15) is 8.42 Å². The van der Waals surface area contributed by atoms with Crippen LogP contribution in [0.5, 0.6) is 5.75 Å². The van der Waals surface area contributed by atoms with Crippen molar-refractivity contribution in [1.29, 1.82) is 0 Å². The lowest BCUT2D eigenvalue weighted by Crippen LogP contribution is -2.35. The summed E-state index contributed by atoms with van der Waals surface area (Å²) in [7, 11) is 4.81. The SMILES string of the molecule is Cc1cc2c(cc1Br)C(=O)CC(C)(C)O2.O=S(=O)(Cl)Cl. The fourth-order valence-electron chi connectivity index (χ4n) is 1.77. The van der Waals surface area contributed by atoms with E-state index in [1.807, 2.05) is 32.9 Å². The predicted octanol–water partition coefficient (Wildman–Crippen LogP) is 4.21. The van der Waals surface area contributed by atoms with Gasteiger partial charge in [-0.3, -0.25) is 4.79 Å². The Morgan fingerprint density at radius 3 is 2.30 bits per heavy atom. The number of benzene rings is 1. The standard InChI is InChI=1S/C12H13BrO2.Cl2O2S/c1-7-4-11-8(5-9(7)13)10(14)6-12(2,3)15-11;1-5(2,3)4/h4-5H,6H2,1-3H3;. The summed E-state index contributed by atoms with van der Waals surface area (Å²) in [6, 6.07) is 3.76. The highest BCUT2D eigenvalue weighted by atomic mass is 79.9. The molecule has 2 rings (SSSR count). The Bertz CT molecular complexity index is 633. The van der Waals surface area contributed by atoms with Gasteiger partial charge in [0.1, 0.15) is 11.4 Å². The molecule has 0 amide bonds. The fraction of sp³-hybridized carbons (Fsp3) is 0.417.